The van der Waals surface area contributed by atoms with Crippen LogP contribution in [0.15, 0.2) is 16.6 Å². The first-order valence-electron chi connectivity index (χ1n) is 6.14. The molecule has 8 heteroatoms. The first-order chi connectivity index (χ1) is 9.70. The maximum atomic E-state index is 13.5. The summed E-state index contributed by atoms with van der Waals surface area (Å²) < 4.78 is 26.6. The maximum absolute atomic E-state index is 13.5. The van der Waals surface area contributed by atoms with Crippen molar-refractivity contribution in [1.29, 1.82) is 0 Å². The van der Waals surface area contributed by atoms with E-state index in [1.54, 1.807) is 13.8 Å². The number of aliphatic carboxylic acids is 1. The summed E-state index contributed by atoms with van der Waals surface area (Å²) in [6.07, 6.45) is -0.249. The second kappa shape index (κ2) is 7.35. The summed E-state index contributed by atoms with van der Waals surface area (Å²) in [5.41, 5.74) is -0.210. The van der Waals surface area contributed by atoms with Crippen molar-refractivity contribution in [3.63, 3.8) is 0 Å². The number of carboxylic acid groups (broad SMARTS) is 1. The Bertz CT molecular complexity index is 552. The molecule has 1 unspecified atom stereocenters. The van der Waals surface area contributed by atoms with Crippen molar-refractivity contribution in [2.75, 3.05) is 5.32 Å². The molecule has 0 saturated carbocycles. The van der Waals surface area contributed by atoms with Gasteiger partial charge in [-0.2, -0.15) is 0 Å². The van der Waals surface area contributed by atoms with Crippen molar-refractivity contribution in [2.45, 2.75) is 26.3 Å². The molecule has 0 fully saturated rings. The molecule has 3 N–H and O–H groups in total. The Morgan fingerprint density at radius 3 is 2.43 bits per heavy atom. The largest absolute Gasteiger partial charge is 0.481 e. The molecule has 5 nitrogen and oxygen atoms in total. The number of hydrogen-bond donors (Lipinski definition) is 3. The lowest BCUT2D eigenvalue weighted by Crippen LogP contribution is -2.42. The summed E-state index contributed by atoms with van der Waals surface area (Å²) >= 11 is 2.89. The molecule has 21 heavy (non-hydrogen) atoms. The minimum Gasteiger partial charge on any atom is -0.481 e. The topological polar surface area (TPSA) is 78.4 Å². The number of carbonyl (C=O) groups excluding carboxylic acids is 1. The molecule has 0 bridgehead atoms. The van der Waals surface area contributed by atoms with E-state index < -0.39 is 29.7 Å². The molecule has 0 aliphatic rings. The zero-order valence-corrected chi connectivity index (χ0v) is 13.0. The van der Waals surface area contributed by atoms with Crippen molar-refractivity contribution in [3.8, 4) is 0 Å². The van der Waals surface area contributed by atoms with Crippen molar-refractivity contribution in [1.82, 2.24) is 5.32 Å². The maximum Gasteiger partial charge on any atom is 0.319 e. The van der Waals surface area contributed by atoms with Gasteiger partial charge in [0.05, 0.1) is 16.6 Å². The summed E-state index contributed by atoms with van der Waals surface area (Å²) in [5, 5.41) is 13.4. The average molecular weight is 365 g/mol. The summed E-state index contributed by atoms with van der Waals surface area (Å²) in [6.45, 7) is 3.51. The number of halogens is 3. The van der Waals surface area contributed by atoms with Gasteiger partial charge in [0.2, 0.25) is 0 Å². The van der Waals surface area contributed by atoms with Crippen LogP contribution in [0.25, 0.3) is 0 Å². The third-order valence-electron chi connectivity index (χ3n) is 2.77. The molecule has 1 aromatic carbocycles. The molecule has 0 aliphatic carbocycles. The number of carboxylic acids is 1. The lowest BCUT2D eigenvalue weighted by molar-refractivity contribution is -0.137. The van der Waals surface area contributed by atoms with E-state index in [1.165, 1.54) is 0 Å². The highest BCUT2D eigenvalue weighted by Gasteiger charge is 2.20. The van der Waals surface area contributed by atoms with Crippen molar-refractivity contribution >= 4 is 33.6 Å². The molecule has 0 aliphatic heterocycles. The van der Waals surface area contributed by atoms with Gasteiger partial charge in [-0.1, -0.05) is 13.8 Å². The van der Waals surface area contributed by atoms with Crippen LogP contribution in [0.5, 0.6) is 0 Å². The van der Waals surface area contributed by atoms with E-state index >= 15 is 0 Å². The van der Waals surface area contributed by atoms with Gasteiger partial charge in [0.15, 0.2) is 0 Å². The van der Waals surface area contributed by atoms with E-state index in [1.807, 2.05) is 0 Å². The number of benzene rings is 1. The zero-order valence-electron chi connectivity index (χ0n) is 11.4. The minimum atomic E-state index is -1.05. The first-order valence-corrected chi connectivity index (χ1v) is 6.94. The van der Waals surface area contributed by atoms with E-state index in [4.69, 9.17) is 5.11 Å². The fraction of sp³-hybridized carbons (Fsp3) is 0.385. The van der Waals surface area contributed by atoms with Crippen LogP contribution in [0.2, 0.25) is 0 Å². The van der Waals surface area contributed by atoms with Gasteiger partial charge < -0.3 is 15.7 Å². The summed E-state index contributed by atoms with van der Waals surface area (Å²) in [4.78, 5) is 22.5. The number of carbonyl (C=O) groups is 2. The standard InChI is InChI=1S/C13H15BrF2N2O3/c1-6(2)10(5-12(19)20)17-13(21)18-11-3-7(14)8(15)4-9(11)16/h3-4,6,10H,5H2,1-2H3,(H,19,20)(H2,17,18,21). The van der Waals surface area contributed by atoms with Crippen LogP contribution < -0.4 is 10.6 Å². The number of anilines is 1. The van der Waals surface area contributed by atoms with Gasteiger partial charge in [-0.25, -0.2) is 13.6 Å². The molecular formula is C13H15BrF2N2O3. The highest BCUT2D eigenvalue weighted by molar-refractivity contribution is 9.10. The lowest BCUT2D eigenvalue weighted by Gasteiger charge is -2.21. The molecular weight excluding hydrogens is 350 g/mol. The van der Waals surface area contributed by atoms with Crippen LogP contribution in [0, 0.1) is 17.6 Å². The second-order valence-electron chi connectivity index (χ2n) is 4.79. The molecule has 0 aromatic heterocycles. The van der Waals surface area contributed by atoms with Gasteiger partial charge >= 0.3 is 12.0 Å². The predicted molar refractivity (Wildman–Crippen MR) is 77.1 cm³/mol. The summed E-state index contributed by atoms with van der Waals surface area (Å²) in [6, 6.07) is 0.365. The fourth-order valence-electron chi connectivity index (χ4n) is 1.59. The first kappa shape index (κ1) is 17.4. The van der Waals surface area contributed by atoms with E-state index in [0.29, 0.717) is 6.07 Å². The third-order valence-corrected chi connectivity index (χ3v) is 3.38. The Balaban J connectivity index is 2.76. The van der Waals surface area contributed by atoms with Crippen molar-refractivity contribution < 1.29 is 23.5 Å². The molecule has 0 spiro atoms. The second-order valence-corrected chi connectivity index (χ2v) is 5.65. The van der Waals surface area contributed by atoms with Gasteiger partial charge in [-0.15, -0.1) is 0 Å². The Labute approximate surface area is 128 Å². The van der Waals surface area contributed by atoms with Crippen LogP contribution in [0.4, 0.5) is 19.3 Å². The molecule has 1 rings (SSSR count). The zero-order chi connectivity index (χ0) is 16.2. The Kier molecular flexibility index (Phi) is 6.07. The lowest BCUT2D eigenvalue weighted by atomic mass is 10.0. The van der Waals surface area contributed by atoms with E-state index in [9.17, 15) is 18.4 Å². The molecule has 1 aromatic rings. The van der Waals surface area contributed by atoms with Gasteiger partial charge in [-0.05, 0) is 27.9 Å². The van der Waals surface area contributed by atoms with Gasteiger partial charge in [0, 0.05) is 12.1 Å². The van der Waals surface area contributed by atoms with Gasteiger partial charge in [0.1, 0.15) is 11.6 Å². The minimum absolute atomic E-state index is 0.00476. The number of hydrogen-bond acceptors (Lipinski definition) is 2. The summed E-state index contributed by atoms with van der Waals surface area (Å²) in [7, 11) is 0. The third kappa shape index (κ3) is 5.30. The van der Waals surface area contributed by atoms with Crippen molar-refractivity contribution in [3.05, 3.63) is 28.2 Å². The molecule has 1 atom stereocenters. The van der Waals surface area contributed by atoms with E-state index in [-0.39, 0.29) is 22.5 Å². The SMILES string of the molecule is CC(C)C(CC(=O)O)NC(=O)Nc1cc(Br)c(F)cc1F. The van der Waals surface area contributed by atoms with Crippen LogP contribution >= 0.6 is 15.9 Å². The number of amides is 2. The van der Waals surface area contributed by atoms with Crippen LogP contribution in [0.3, 0.4) is 0 Å². The molecule has 2 amide bonds. The Morgan fingerprint density at radius 1 is 1.29 bits per heavy atom. The monoisotopic (exact) mass is 364 g/mol. The van der Waals surface area contributed by atoms with Crippen LogP contribution in [-0.2, 0) is 4.79 Å². The van der Waals surface area contributed by atoms with Crippen LogP contribution in [-0.4, -0.2) is 23.1 Å². The number of nitrogens with one attached hydrogen (secondary N) is 2. The molecule has 116 valence electrons. The molecule has 0 radical (unpaired) electrons. The summed E-state index contributed by atoms with van der Waals surface area (Å²) in [5.74, 6) is -2.88. The predicted octanol–water partition coefficient (Wildman–Crippen LogP) is 3.35. The van der Waals surface area contributed by atoms with E-state index in [0.717, 1.165) is 6.07 Å². The molecule has 0 heterocycles. The van der Waals surface area contributed by atoms with Gasteiger partial charge in [-0.3, -0.25) is 4.79 Å². The number of urea groups is 1. The van der Waals surface area contributed by atoms with E-state index in [2.05, 4.69) is 26.6 Å². The quantitative estimate of drug-likeness (QED) is 0.701. The fourth-order valence-corrected chi connectivity index (χ4v) is 1.93. The van der Waals surface area contributed by atoms with Gasteiger partial charge in [0.25, 0.3) is 0 Å². The smallest absolute Gasteiger partial charge is 0.319 e. The Morgan fingerprint density at radius 2 is 1.90 bits per heavy atom. The number of rotatable bonds is 5. The highest BCUT2D eigenvalue weighted by Crippen LogP contribution is 2.23. The normalized spacial score (nSPS) is 12.1. The average Bonchev–Trinajstić information content (AvgIpc) is 2.34. The molecule has 0 saturated heterocycles. The highest BCUT2D eigenvalue weighted by atomic mass is 79.9. The van der Waals surface area contributed by atoms with Crippen LogP contribution in [0.1, 0.15) is 20.3 Å². The Hall–Kier alpha value is -1.70. The van der Waals surface area contributed by atoms with Crippen molar-refractivity contribution in [2.24, 2.45) is 5.92 Å².